The summed E-state index contributed by atoms with van der Waals surface area (Å²) < 4.78 is 5.65. The minimum atomic E-state index is -0.0568. The van der Waals surface area contributed by atoms with Crippen LogP contribution in [0.15, 0.2) is 83.8 Å². The quantitative estimate of drug-likeness (QED) is 0.501. The van der Waals surface area contributed by atoms with Gasteiger partial charge in [0.05, 0.1) is 11.7 Å². The van der Waals surface area contributed by atoms with Gasteiger partial charge in [-0.1, -0.05) is 54.6 Å². The molecule has 3 nitrogen and oxygen atoms in total. The summed E-state index contributed by atoms with van der Waals surface area (Å²) in [6.07, 6.45) is 0.149. The topological polar surface area (TPSA) is 38.3 Å². The van der Waals surface area contributed by atoms with Gasteiger partial charge in [-0.05, 0) is 49.2 Å². The van der Waals surface area contributed by atoms with E-state index in [1.165, 1.54) is 5.56 Å². The zero-order valence-corrected chi connectivity index (χ0v) is 17.0. The van der Waals surface area contributed by atoms with Crippen molar-refractivity contribution in [3.05, 3.63) is 95.6 Å². The lowest BCUT2D eigenvalue weighted by Crippen LogP contribution is -2.23. The van der Waals surface area contributed by atoms with Crippen LogP contribution in [0.25, 0.3) is 0 Å². The van der Waals surface area contributed by atoms with Crippen LogP contribution < -0.4 is 10.1 Å². The van der Waals surface area contributed by atoms with Crippen molar-refractivity contribution in [2.24, 2.45) is 0 Å². The van der Waals surface area contributed by atoms with Crippen molar-refractivity contribution in [2.45, 2.75) is 37.1 Å². The fourth-order valence-corrected chi connectivity index (χ4v) is 3.76. The molecule has 0 aliphatic carbocycles. The van der Waals surface area contributed by atoms with Gasteiger partial charge in [0.1, 0.15) is 5.75 Å². The van der Waals surface area contributed by atoms with Gasteiger partial charge >= 0.3 is 0 Å². The Labute approximate surface area is 171 Å². The van der Waals surface area contributed by atoms with E-state index in [0.717, 1.165) is 22.0 Å². The van der Waals surface area contributed by atoms with Crippen molar-refractivity contribution < 1.29 is 9.53 Å². The van der Waals surface area contributed by atoms with Crippen molar-refractivity contribution in [3.63, 3.8) is 0 Å². The molecule has 4 heteroatoms. The molecule has 0 radical (unpaired) electrons. The second-order valence-electron chi connectivity index (χ2n) is 6.76. The molecule has 0 fully saturated rings. The summed E-state index contributed by atoms with van der Waals surface area (Å²) in [6.45, 7) is 4.49. The van der Waals surface area contributed by atoms with Gasteiger partial charge in [0.25, 0.3) is 5.91 Å². The summed E-state index contributed by atoms with van der Waals surface area (Å²) in [5.41, 5.74) is 2.99. The molecular formula is C24H25NO2S. The monoisotopic (exact) mass is 391 g/mol. The Balaban J connectivity index is 1.59. The van der Waals surface area contributed by atoms with Crippen molar-refractivity contribution in [1.82, 2.24) is 5.32 Å². The molecule has 0 saturated heterocycles. The molecule has 0 aromatic heterocycles. The predicted molar refractivity (Wildman–Crippen MR) is 116 cm³/mol. The molecule has 3 aromatic rings. The molecule has 3 aromatic carbocycles. The Morgan fingerprint density at radius 2 is 1.57 bits per heavy atom. The van der Waals surface area contributed by atoms with Crippen LogP contribution in [-0.2, 0) is 12.3 Å². The van der Waals surface area contributed by atoms with Crippen LogP contribution in [-0.4, -0.2) is 12.0 Å². The highest BCUT2D eigenvalue weighted by Crippen LogP contribution is 2.26. The molecule has 0 unspecified atom stereocenters. The second kappa shape index (κ2) is 10.00. The minimum absolute atomic E-state index is 0.0568. The average molecular weight is 392 g/mol. The average Bonchev–Trinajstić information content (AvgIpc) is 2.72. The van der Waals surface area contributed by atoms with Crippen molar-refractivity contribution >= 4 is 17.7 Å². The highest BCUT2D eigenvalue weighted by Gasteiger charge is 2.11. The highest BCUT2D eigenvalue weighted by molar-refractivity contribution is 7.98. The predicted octanol–water partition coefficient (Wildman–Crippen LogP) is 5.70. The summed E-state index contributed by atoms with van der Waals surface area (Å²) in [5.74, 6) is 1.62. The second-order valence-corrected chi connectivity index (χ2v) is 7.78. The van der Waals surface area contributed by atoms with Gasteiger partial charge < -0.3 is 10.1 Å². The molecule has 0 spiro atoms. The first-order chi connectivity index (χ1) is 13.6. The molecule has 3 rings (SSSR count). The molecule has 0 atom stereocenters. The number of carbonyl (C=O) groups excluding carboxylic acids is 1. The van der Waals surface area contributed by atoms with E-state index in [1.54, 1.807) is 11.8 Å². The maximum absolute atomic E-state index is 12.7. The van der Waals surface area contributed by atoms with Crippen LogP contribution in [0, 0.1) is 0 Å². The van der Waals surface area contributed by atoms with E-state index < -0.39 is 0 Å². The normalized spacial score (nSPS) is 10.7. The number of rotatable bonds is 8. The first kappa shape index (κ1) is 20.0. The summed E-state index contributed by atoms with van der Waals surface area (Å²) in [5, 5.41) is 3.02. The van der Waals surface area contributed by atoms with Gasteiger partial charge in [-0.15, -0.1) is 11.8 Å². The Morgan fingerprint density at radius 1 is 0.893 bits per heavy atom. The van der Waals surface area contributed by atoms with E-state index in [4.69, 9.17) is 4.74 Å². The fourth-order valence-electron chi connectivity index (χ4n) is 2.75. The van der Waals surface area contributed by atoms with Gasteiger partial charge in [0.15, 0.2) is 0 Å². The molecular weight excluding hydrogens is 366 g/mol. The molecule has 0 aliphatic heterocycles. The van der Waals surface area contributed by atoms with Gasteiger partial charge in [-0.2, -0.15) is 0 Å². The third-order valence-corrected chi connectivity index (χ3v) is 5.26. The van der Waals surface area contributed by atoms with Gasteiger partial charge in [-0.3, -0.25) is 4.79 Å². The van der Waals surface area contributed by atoms with E-state index in [-0.39, 0.29) is 12.0 Å². The summed E-state index contributed by atoms with van der Waals surface area (Å²) in [4.78, 5) is 13.7. The van der Waals surface area contributed by atoms with Crippen LogP contribution in [0.5, 0.6) is 5.75 Å². The van der Waals surface area contributed by atoms with Gasteiger partial charge in [-0.25, -0.2) is 0 Å². The van der Waals surface area contributed by atoms with E-state index in [0.29, 0.717) is 12.1 Å². The van der Waals surface area contributed by atoms with Gasteiger partial charge in [0.2, 0.25) is 0 Å². The number of nitrogens with one attached hydrogen (secondary N) is 1. The largest absolute Gasteiger partial charge is 0.491 e. The van der Waals surface area contributed by atoms with Crippen LogP contribution in [0.3, 0.4) is 0 Å². The first-order valence-corrected chi connectivity index (χ1v) is 10.4. The highest BCUT2D eigenvalue weighted by atomic mass is 32.2. The number of carbonyl (C=O) groups is 1. The molecule has 0 aliphatic rings. The fraction of sp³-hybridized carbons (Fsp3) is 0.208. The Kier molecular flexibility index (Phi) is 7.15. The standard InChI is InChI=1S/C24H25NO2S/c1-18(2)27-21-14-12-19(13-15-21)16-25-24(26)22-10-6-7-11-23(22)28-17-20-8-4-3-5-9-20/h3-15,18H,16-17H2,1-2H3,(H,25,26). The number of hydrogen-bond donors (Lipinski definition) is 1. The number of hydrogen-bond acceptors (Lipinski definition) is 3. The molecule has 1 N–H and O–H groups in total. The third kappa shape index (κ3) is 5.89. The van der Waals surface area contributed by atoms with Crippen molar-refractivity contribution in [2.75, 3.05) is 0 Å². The Morgan fingerprint density at radius 3 is 2.29 bits per heavy atom. The molecule has 28 heavy (non-hydrogen) atoms. The summed E-state index contributed by atoms with van der Waals surface area (Å²) in [6, 6.07) is 25.9. The lowest BCUT2D eigenvalue weighted by molar-refractivity contribution is 0.0948. The SMILES string of the molecule is CC(C)Oc1ccc(CNC(=O)c2ccccc2SCc2ccccc2)cc1. The van der Waals surface area contributed by atoms with Crippen LogP contribution in [0.2, 0.25) is 0 Å². The van der Waals surface area contributed by atoms with E-state index in [2.05, 4.69) is 17.4 Å². The number of ether oxygens (including phenoxy) is 1. The first-order valence-electron chi connectivity index (χ1n) is 9.41. The minimum Gasteiger partial charge on any atom is -0.491 e. The van der Waals surface area contributed by atoms with E-state index >= 15 is 0 Å². The van der Waals surface area contributed by atoms with Gasteiger partial charge in [0, 0.05) is 17.2 Å². The van der Waals surface area contributed by atoms with Crippen LogP contribution in [0.4, 0.5) is 0 Å². The molecule has 1 amide bonds. The van der Waals surface area contributed by atoms with Crippen LogP contribution in [0.1, 0.15) is 35.3 Å². The van der Waals surface area contributed by atoms with Crippen LogP contribution >= 0.6 is 11.8 Å². The maximum Gasteiger partial charge on any atom is 0.252 e. The summed E-state index contributed by atoms with van der Waals surface area (Å²) in [7, 11) is 0. The number of benzene rings is 3. The summed E-state index contributed by atoms with van der Waals surface area (Å²) >= 11 is 1.68. The Bertz CT molecular complexity index is 892. The molecule has 144 valence electrons. The van der Waals surface area contributed by atoms with Crippen molar-refractivity contribution in [3.8, 4) is 5.75 Å². The Hall–Kier alpha value is -2.72. The maximum atomic E-state index is 12.7. The number of amides is 1. The zero-order valence-electron chi connectivity index (χ0n) is 16.2. The lowest BCUT2D eigenvalue weighted by Gasteiger charge is -2.12. The van der Waals surface area contributed by atoms with Crippen molar-refractivity contribution in [1.29, 1.82) is 0 Å². The van der Waals surface area contributed by atoms with E-state index in [9.17, 15) is 4.79 Å². The smallest absolute Gasteiger partial charge is 0.252 e. The number of thioether (sulfide) groups is 1. The lowest BCUT2D eigenvalue weighted by atomic mass is 10.2. The molecule has 0 heterocycles. The zero-order chi connectivity index (χ0) is 19.8. The molecule has 0 saturated carbocycles. The third-order valence-electron chi connectivity index (χ3n) is 4.12. The molecule has 0 bridgehead atoms. The van der Waals surface area contributed by atoms with E-state index in [1.807, 2.05) is 80.6 Å².